The first kappa shape index (κ1) is 14.9. The Balaban J connectivity index is 3.69. The van der Waals surface area contributed by atoms with Crippen LogP contribution in [-0.2, 0) is 14.3 Å². The van der Waals surface area contributed by atoms with Crippen molar-refractivity contribution in [2.24, 2.45) is 5.41 Å². The zero-order valence-electron chi connectivity index (χ0n) is 10.2. The van der Waals surface area contributed by atoms with E-state index in [0.29, 0.717) is 13.0 Å². The molecule has 0 unspecified atom stereocenters. The molecule has 0 aromatic carbocycles. The normalized spacial score (nSPS) is 11.2. The highest BCUT2D eigenvalue weighted by Gasteiger charge is 2.27. The molecular formula is C11H21NO4. The summed E-state index contributed by atoms with van der Waals surface area (Å²) in [5.41, 5.74) is -0.914. The fourth-order valence-corrected chi connectivity index (χ4v) is 1.02. The van der Waals surface area contributed by atoms with Crippen LogP contribution in [-0.4, -0.2) is 37.2 Å². The molecule has 0 saturated heterocycles. The molecule has 0 fully saturated rings. The largest absolute Gasteiger partial charge is 0.481 e. The van der Waals surface area contributed by atoms with Crippen LogP contribution in [0.4, 0.5) is 0 Å². The number of rotatable bonds is 8. The molecule has 0 heterocycles. The molecule has 5 nitrogen and oxygen atoms in total. The van der Waals surface area contributed by atoms with Crippen LogP contribution in [0.2, 0.25) is 0 Å². The minimum Gasteiger partial charge on any atom is -0.481 e. The summed E-state index contributed by atoms with van der Waals surface area (Å²) in [5.74, 6) is -1.02. The van der Waals surface area contributed by atoms with Gasteiger partial charge in [0.2, 0.25) is 5.91 Å². The van der Waals surface area contributed by atoms with Crippen molar-refractivity contribution in [3.63, 3.8) is 0 Å². The molecule has 94 valence electrons. The monoisotopic (exact) mass is 231 g/mol. The molecule has 0 aromatic rings. The highest BCUT2D eigenvalue weighted by molar-refractivity contribution is 5.78. The molecule has 0 aliphatic carbocycles. The Kier molecular flexibility index (Phi) is 6.72. The number of amides is 1. The average molecular weight is 231 g/mol. The van der Waals surface area contributed by atoms with Crippen LogP contribution in [0.15, 0.2) is 0 Å². The van der Waals surface area contributed by atoms with Gasteiger partial charge in [-0.25, -0.2) is 0 Å². The van der Waals surface area contributed by atoms with Crippen LogP contribution < -0.4 is 5.32 Å². The van der Waals surface area contributed by atoms with Crippen molar-refractivity contribution in [3.05, 3.63) is 0 Å². The van der Waals surface area contributed by atoms with E-state index in [1.165, 1.54) is 0 Å². The average Bonchev–Trinajstić information content (AvgIpc) is 2.21. The van der Waals surface area contributed by atoms with Gasteiger partial charge in [0.05, 0.1) is 5.41 Å². The Labute approximate surface area is 96.2 Å². The zero-order chi connectivity index (χ0) is 12.6. The van der Waals surface area contributed by atoms with E-state index in [-0.39, 0.29) is 12.5 Å². The van der Waals surface area contributed by atoms with E-state index in [0.717, 1.165) is 12.8 Å². The van der Waals surface area contributed by atoms with Gasteiger partial charge in [-0.3, -0.25) is 9.59 Å². The molecular weight excluding hydrogens is 210 g/mol. The Hall–Kier alpha value is -1.10. The molecule has 0 bridgehead atoms. The van der Waals surface area contributed by atoms with Gasteiger partial charge >= 0.3 is 5.97 Å². The number of unbranched alkanes of at least 4 members (excludes halogenated alkanes) is 1. The molecule has 0 aromatic heterocycles. The molecule has 0 aliphatic rings. The lowest BCUT2D eigenvalue weighted by atomic mass is 9.94. The summed E-state index contributed by atoms with van der Waals surface area (Å²) in [6.45, 7) is 3.97. The van der Waals surface area contributed by atoms with E-state index in [1.54, 1.807) is 21.0 Å². The maximum absolute atomic E-state index is 11.3. The van der Waals surface area contributed by atoms with Crippen molar-refractivity contribution < 1.29 is 19.4 Å². The molecule has 16 heavy (non-hydrogen) atoms. The maximum atomic E-state index is 11.3. The second-order valence-electron chi connectivity index (χ2n) is 4.42. The van der Waals surface area contributed by atoms with E-state index >= 15 is 0 Å². The van der Waals surface area contributed by atoms with Crippen LogP contribution in [0.25, 0.3) is 0 Å². The predicted octanol–water partition coefficient (Wildman–Crippen LogP) is 1.03. The number of carbonyl (C=O) groups excluding carboxylic acids is 1. The van der Waals surface area contributed by atoms with Crippen LogP contribution in [0.5, 0.6) is 0 Å². The summed E-state index contributed by atoms with van der Waals surface area (Å²) in [7, 11) is 1.62. The molecule has 0 aliphatic heterocycles. The number of hydrogen-bond acceptors (Lipinski definition) is 3. The van der Waals surface area contributed by atoms with Crippen molar-refractivity contribution in [3.8, 4) is 0 Å². The van der Waals surface area contributed by atoms with Crippen LogP contribution in [0.1, 0.15) is 33.1 Å². The molecule has 0 radical (unpaired) electrons. The highest BCUT2D eigenvalue weighted by atomic mass is 16.5. The molecule has 0 atom stereocenters. The van der Waals surface area contributed by atoms with Crippen LogP contribution in [0.3, 0.4) is 0 Å². The third-order valence-electron chi connectivity index (χ3n) is 2.31. The summed E-state index contributed by atoms with van der Waals surface area (Å²) >= 11 is 0. The van der Waals surface area contributed by atoms with E-state index in [4.69, 9.17) is 9.84 Å². The molecule has 0 spiro atoms. The summed E-state index contributed by atoms with van der Waals surface area (Å²) in [5, 5.41) is 11.5. The second-order valence-corrected chi connectivity index (χ2v) is 4.42. The first-order valence-electron chi connectivity index (χ1n) is 5.39. The first-order valence-corrected chi connectivity index (χ1v) is 5.39. The number of ether oxygens (including phenoxy) is 1. The standard InChI is InChI=1S/C11H21NO4/c1-11(2,10(14)15)8-12-9(13)6-4-5-7-16-3/h4-8H2,1-3H3,(H,12,13)(H,14,15). The van der Waals surface area contributed by atoms with E-state index in [2.05, 4.69) is 5.32 Å². The highest BCUT2D eigenvalue weighted by Crippen LogP contribution is 2.13. The lowest BCUT2D eigenvalue weighted by Gasteiger charge is -2.19. The molecule has 2 N–H and O–H groups in total. The fourth-order valence-electron chi connectivity index (χ4n) is 1.02. The van der Waals surface area contributed by atoms with Crippen molar-refractivity contribution in [2.75, 3.05) is 20.3 Å². The Morgan fingerprint density at radius 3 is 2.44 bits per heavy atom. The summed E-state index contributed by atoms with van der Waals surface area (Å²) in [6.07, 6.45) is 2.01. The lowest BCUT2D eigenvalue weighted by molar-refractivity contribution is -0.146. The fraction of sp³-hybridized carbons (Fsp3) is 0.818. The smallest absolute Gasteiger partial charge is 0.310 e. The van der Waals surface area contributed by atoms with Gasteiger partial charge in [0.25, 0.3) is 0 Å². The van der Waals surface area contributed by atoms with Gasteiger partial charge in [-0.15, -0.1) is 0 Å². The molecule has 1 amide bonds. The van der Waals surface area contributed by atoms with Crippen LogP contribution >= 0.6 is 0 Å². The zero-order valence-corrected chi connectivity index (χ0v) is 10.2. The third kappa shape index (κ3) is 6.40. The lowest BCUT2D eigenvalue weighted by Crippen LogP contribution is -2.38. The summed E-state index contributed by atoms with van der Waals surface area (Å²) in [6, 6.07) is 0. The minimum absolute atomic E-state index is 0.106. The second kappa shape index (κ2) is 7.22. The van der Waals surface area contributed by atoms with Crippen molar-refractivity contribution in [2.45, 2.75) is 33.1 Å². The predicted molar refractivity (Wildman–Crippen MR) is 60.2 cm³/mol. The molecule has 0 rings (SSSR count). The molecule has 0 saturated carbocycles. The Morgan fingerprint density at radius 2 is 1.94 bits per heavy atom. The number of methoxy groups -OCH3 is 1. The number of hydrogen-bond donors (Lipinski definition) is 2. The topological polar surface area (TPSA) is 75.6 Å². The number of carboxylic acids is 1. The van der Waals surface area contributed by atoms with Gasteiger partial charge < -0.3 is 15.2 Å². The van der Waals surface area contributed by atoms with E-state index in [9.17, 15) is 9.59 Å². The SMILES string of the molecule is COCCCCC(=O)NCC(C)(C)C(=O)O. The number of carboxylic acid groups (broad SMARTS) is 1. The van der Waals surface area contributed by atoms with Gasteiger partial charge in [-0.1, -0.05) is 0 Å². The first-order chi connectivity index (χ1) is 7.40. The van der Waals surface area contributed by atoms with Gasteiger partial charge in [0, 0.05) is 26.7 Å². The number of aliphatic carboxylic acids is 1. The summed E-state index contributed by atoms with van der Waals surface area (Å²) < 4.78 is 4.86. The van der Waals surface area contributed by atoms with Gasteiger partial charge in [-0.05, 0) is 26.7 Å². The van der Waals surface area contributed by atoms with Crippen molar-refractivity contribution in [1.29, 1.82) is 0 Å². The molecule has 5 heteroatoms. The van der Waals surface area contributed by atoms with E-state index < -0.39 is 11.4 Å². The third-order valence-corrected chi connectivity index (χ3v) is 2.31. The van der Waals surface area contributed by atoms with Crippen molar-refractivity contribution >= 4 is 11.9 Å². The number of nitrogens with one attached hydrogen (secondary N) is 1. The Bertz CT molecular complexity index is 238. The quantitative estimate of drug-likeness (QED) is 0.612. The maximum Gasteiger partial charge on any atom is 0.310 e. The van der Waals surface area contributed by atoms with Gasteiger partial charge in [-0.2, -0.15) is 0 Å². The van der Waals surface area contributed by atoms with Gasteiger partial charge in [0.1, 0.15) is 0 Å². The van der Waals surface area contributed by atoms with E-state index in [1.807, 2.05) is 0 Å². The number of carbonyl (C=O) groups is 2. The summed E-state index contributed by atoms with van der Waals surface area (Å²) in [4.78, 5) is 22.1. The Morgan fingerprint density at radius 1 is 1.31 bits per heavy atom. The van der Waals surface area contributed by atoms with Crippen molar-refractivity contribution in [1.82, 2.24) is 5.32 Å². The minimum atomic E-state index is -0.914. The van der Waals surface area contributed by atoms with Crippen LogP contribution in [0, 0.1) is 5.41 Å². The van der Waals surface area contributed by atoms with Gasteiger partial charge in [0.15, 0.2) is 0 Å².